The van der Waals surface area contributed by atoms with Crippen molar-refractivity contribution in [1.29, 1.82) is 0 Å². The maximum Gasteiger partial charge on any atom is 0.285 e. The number of unbranched alkanes of at least 4 members (excludes halogenated alkanes) is 12. The Balaban J connectivity index is 4.17. The lowest BCUT2D eigenvalue weighted by Gasteiger charge is -2.36. The summed E-state index contributed by atoms with van der Waals surface area (Å²) in [6.45, 7) is 2.26. The number of carbonyl (C=O) groups excluding carboxylic acids is 1. The number of ether oxygens (including phenoxy) is 3. The summed E-state index contributed by atoms with van der Waals surface area (Å²) in [4.78, 5) is 10.3. The molecule has 4 nitrogen and oxygen atoms in total. The van der Waals surface area contributed by atoms with Crippen molar-refractivity contribution in [1.82, 2.24) is 0 Å². The van der Waals surface area contributed by atoms with Gasteiger partial charge in [0.25, 0.3) is 5.97 Å². The maximum absolute atomic E-state index is 10.3. The predicted octanol–water partition coefficient (Wildman–Crippen LogP) is 6.66. The van der Waals surface area contributed by atoms with Crippen LogP contribution in [0.1, 0.15) is 110 Å². The highest BCUT2D eigenvalue weighted by atomic mass is 16.9. The minimum absolute atomic E-state index is 0.274. The average molecular weight is 387 g/mol. The fourth-order valence-corrected chi connectivity index (χ4v) is 3.92. The number of hydrogen-bond donors (Lipinski definition) is 0. The van der Waals surface area contributed by atoms with E-state index in [0.29, 0.717) is 6.42 Å². The molecule has 0 aliphatic rings. The van der Waals surface area contributed by atoms with Gasteiger partial charge in [-0.3, -0.25) is 0 Å². The van der Waals surface area contributed by atoms with Crippen molar-refractivity contribution in [2.45, 2.75) is 116 Å². The summed E-state index contributed by atoms with van der Waals surface area (Å²) >= 11 is 0. The van der Waals surface area contributed by atoms with Crippen LogP contribution in [0.3, 0.4) is 0 Å². The summed E-state index contributed by atoms with van der Waals surface area (Å²) < 4.78 is 17.0. The summed E-state index contributed by atoms with van der Waals surface area (Å²) in [5.74, 6) is -0.630. The van der Waals surface area contributed by atoms with Crippen LogP contribution in [0, 0.1) is 5.92 Å². The Morgan fingerprint density at radius 1 is 0.667 bits per heavy atom. The molecule has 0 aliphatic heterocycles. The Bertz CT molecular complexity index is 307. The van der Waals surface area contributed by atoms with E-state index in [1.807, 2.05) is 0 Å². The Hall–Kier alpha value is -0.450. The van der Waals surface area contributed by atoms with Gasteiger partial charge in [0.1, 0.15) is 6.29 Å². The minimum atomic E-state index is -0.905. The van der Waals surface area contributed by atoms with E-state index in [0.717, 1.165) is 25.5 Å². The second-order valence-corrected chi connectivity index (χ2v) is 7.69. The van der Waals surface area contributed by atoms with Crippen LogP contribution >= 0.6 is 0 Å². The molecule has 1 unspecified atom stereocenters. The van der Waals surface area contributed by atoms with Gasteiger partial charge in [0.15, 0.2) is 0 Å². The zero-order chi connectivity index (χ0) is 20.2. The first-order valence-electron chi connectivity index (χ1n) is 11.3. The number of hydrogen-bond acceptors (Lipinski definition) is 4. The van der Waals surface area contributed by atoms with E-state index in [9.17, 15) is 4.79 Å². The summed E-state index contributed by atoms with van der Waals surface area (Å²) in [7, 11) is 5.04. The van der Waals surface area contributed by atoms with Gasteiger partial charge in [0.2, 0.25) is 0 Å². The van der Waals surface area contributed by atoms with E-state index in [-0.39, 0.29) is 5.92 Å². The van der Waals surface area contributed by atoms with Gasteiger partial charge in [-0.25, -0.2) is 0 Å². The van der Waals surface area contributed by atoms with Crippen molar-refractivity contribution in [3.05, 3.63) is 0 Å². The molecule has 0 heterocycles. The van der Waals surface area contributed by atoms with Gasteiger partial charge in [-0.05, 0) is 19.3 Å². The topological polar surface area (TPSA) is 44.8 Å². The first-order chi connectivity index (χ1) is 13.2. The van der Waals surface area contributed by atoms with Crippen LogP contribution in [-0.2, 0) is 19.0 Å². The number of methoxy groups -OCH3 is 3. The predicted molar refractivity (Wildman–Crippen MR) is 113 cm³/mol. The van der Waals surface area contributed by atoms with Gasteiger partial charge in [-0.15, -0.1) is 0 Å². The SMILES string of the molecule is CCCCCCCCC(CCCCCCCCCC=O)C(OC)(OC)OC. The Morgan fingerprint density at radius 2 is 1.07 bits per heavy atom. The summed E-state index contributed by atoms with van der Waals surface area (Å²) in [6, 6.07) is 0. The lowest BCUT2D eigenvalue weighted by atomic mass is 9.91. The molecule has 1 atom stereocenters. The Morgan fingerprint density at radius 3 is 1.48 bits per heavy atom. The number of rotatable bonds is 21. The molecule has 0 radical (unpaired) electrons. The van der Waals surface area contributed by atoms with E-state index >= 15 is 0 Å². The van der Waals surface area contributed by atoms with Crippen molar-refractivity contribution in [2.75, 3.05) is 21.3 Å². The largest absolute Gasteiger partial charge is 0.331 e. The van der Waals surface area contributed by atoms with Crippen LogP contribution in [0.2, 0.25) is 0 Å². The molecule has 0 amide bonds. The molecule has 0 aromatic carbocycles. The fourth-order valence-electron chi connectivity index (χ4n) is 3.92. The van der Waals surface area contributed by atoms with E-state index in [4.69, 9.17) is 14.2 Å². The maximum atomic E-state index is 10.3. The van der Waals surface area contributed by atoms with E-state index < -0.39 is 5.97 Å². The van der Waals surface area contributed by atoms with Gasteiger partial charge < -0.3 is 19.0 Å². The van der Waals surface area contributed by atoms with Crippen LogP contribution < -0.4 is 0 Å². The monoisotopic (exact) mass is 386 g/mol. The highest BCUT2D eigenvalue weighted by molar-refractivity contribution is 5.48. The first-order valence-corrected chi connectivity index (χ1v) is 11.3. The van der Waals surface area contributed by atoms with Crippen molar-refractivity contribution < 1.29 is 19.0 Å². The molecular weight excluding hydrogens is 340 g/mol. The molecule has 0 rings (SSSR count). The van der Waals surface area contributed by atoms with Gasteiger partial charge in [0.05, 0.1) is 0 Å². The van der Waals surface area contributed by atoms with Crippen molar-refractivity contribution in [2.24, 2.45) is 5.92 Å². The Labute approximate surface area is 168 Å². The molecule has 162 valence electrons. The standard InChI is InChI=1S/C23H46O4/c1-5-6-7-8-13-16-19-22(23(25-2,26-3)27-4)20-17-14-11-9-10-12-15-18-21-24/h21-22H,5-20H2,1-4H3. The first kappa shape index (κ1) is 26.6. The van der Waals surface area contributed by atoms with Crippen LogP contribution in [0.15, 0.2) is 0 Å². The average Bonchev–Trinajstić information content (AvgIpc) is 2.70. The van der Waals surface area contributed by atoms with Gasteiger partial charge in [-0.2, -0.15) is 0 Å². The summed E-state index contributed by atoms with van der Waals surface area (Å²) in [5, 5.41) is 0. The van der Waals surface area contributed by atoms with Crippen LogP contribution in [0.5, 0.6) is 0 Å². The molecule has 0 saturated heterocycles. The fraction of sp³-hybridized carbons (Fsp3) is 0.957. The number of carbonyl (C=O) groups is 1. The molecule has 0 N–H and O–H groups in total. The van der Waals surface area contributed by atoms with Gasteiger partial charge in [0, 0.05) is 33.7 Å². The highest BCUT2D eigenvalue weighted by Gasteiger charge is 2.39. The third-order valence-electron chi connectivity index (χ3n) is 5.63. The number of aldehydes is 1. The van der Waals surface area contributed by atoms with Gasteiger partial charge >= 0.3 is 0 Å². The molecule has 0 bridgehead atoms. The van der Waals surface area contributed by atoms with Crippen LogP contribution in [-0.4, -0.2) is 33.6 Å². The zero-order valence-electron chi connectivity index (χ0n) is 18.6. The smallest absolute Gasteiger partial charge is 0.285 e. The van der Waals surface area contributed by atoms with Crippen LogP contribution in [0.4, 0.5) is 0 Å². The quantitative estimate of drug-likeness (QED) is 0.126. The highest BCUT2D eigenvalue weighted by Crippen LogP contribution is 2.33. The molecule has 0 aliphatic carbocycles. The third-order valence-corrected chi connectivity index (χ3v) is 5.63. The minimum Gasteiger partial charge on any atom is -0.331 e. The van der Waals surface area contributed by atoms with E-state index in [1.165, 1.54) is 77.0 Å². The molecular formula is C23H46O4. The van der Waals surface area contributed by atoms with Gasteiger partial charge in [-0.1, -0.05) is 84.0 Å². The van der Waals surface area contributed by atoms with Crippen molar-refractivity contribution >= 4 is 6.29 Å². The summed E-state index contributed by atoms with van der Waals surface area (Å²) in [5.41, 5.74) is 0. The summed E-state index contributed by atoms with van der Waals surface area (Å²) in [6.07, 6.45) is 20.1. The van der Waals surface area contributed by atoms with E-state index in [1.54, 1.807) is 21.3 Å². The second-order valence-electron chi connectivity index (χ2n) is 7.69. The van der Waals surface area contributed by atoms with Crippen molar-refractivity contribution in [3.8, 4) is 0 Å². The third kappa shape index (κ3) is 12.6. The molecule has 0 aromatic heterocycles. The van der Waals surface area contributed by atoms with Crippen LogP contribution in [0.25, 0.3) is 0 Å². The molecule has 0 fully saturated rings. The molecule has 4 heteroatoms. The van der Waals surface area contributed by atoms with Crippen molar-refractivity contribution in [3.63, 3.8) is 0 Å². The molecule has 0 spiro atoms. The second kappa shape index (κ2) is 18.9. The Kier molecular flexibility index (Phi) is 18.6. The normalized spacial score (nSPS) is 13.0. The molecule has 0 saturated carbocycles. The lowest BCUT2D eigenvalue weighted by molar-refractivity contribution is -0.380. The molecule has 27 heavy (non-hydrogen) atoms. The zero-order valence-corrected chi connectivity index (χ0v) is 18.6. The molecule has 0 aromatic rings. The van der Waals surface area contributed by atoms with E-state index in [2.05, 4.69) is 6.92 Å². The lowest BCUT2D eigenvalue weighted by Crippen LogP contribution is -2.44.